The molecular formula is C18H24N4O2. The first-order valence-corrected chi connectivity index (χ1v) is 7.73. The van der Waals surface area contributed by atoms with Gasteiger partial charge in [-0.3, -0.25) is 4.99 Å². The fourth-order valence-electron chi connectivity index (χ4n) is 2.22. The monoisotopic (exact) mass is 328 g/mol. The van der Waals surface area contributed by atoms with E-state index in [4.69, 9.17) is 9.47 Å². The van der Waals surface area contributed by atoms with Crippen molar-refractivity contribution in [2.45, 2.75) is 20.0 Å². The number of methoxy groups -OCH3 is 2. The molecule has 0 aliphatic heterocycles. The van der Waals surface area contributed by atoms with Crippen molar-refractivity contribution >= 4 is 5.96 Å². The van der Waals surface area contributed by atoms with Gasteiger partial charge in [-0.15, -0.1) is 0 Å². The number of benzene rings is 1. The molecule has 0 atom stereocenters. The zero-order chi connectivity index (χ0) is 17.4. The number of hydrogen-bond acceptors (Lipinski definition) is 4. The number of aromatic nitrogens is 1. The maximum absolute atomic E-state index is 5.42. The topological polar surface area (TPSA) is 67.8 Å². The molecular weight excluding hydrogens is 304 g/mol. The molecule has 2 rings (SSSR count). The van der Waals surface area contributed by atoms with E-state index < -0.39 is 0 Å². The third kappa shape index (κ3) is 4.87. The second-order valence-electron chi connectivity index (χ2n) is 5.30. The molecule has 2 N–H and O–H groups in total. The van der Waals surface area contributed by atoms with Crippen LogP contribution in [0.1, 0.15) is 16.7 Å². The maximum Gasteiger partial charge on any atom is 0.212 e. The van der Waals surface area contributed by atoms with Gasteiger partial charge in [-0.2, -0.15) is 0 Å². The molecule has 0 aliphatic rings. The van der Waals surface area contributed by atoms with E-state index in [1.54, 1.807) is 27.5 Å². The average molecular weight is 328 g/mol. The van der Waals surface area contributed by atoms with Gasteiger partial charge in [-0.25, -0.2) is 4.98 Å². The van der Waals surface area contributed by atoms with Crippen molar-refractivity contribution in [2.24, 2.45) is 4.99 Å². The van der Waals surface area contributed by atoms with Crippen LogP contribution in [0.2, 0.25) is 0 Å². The second-order valence-corrected chi connectivity index (χ2v) is 5.30. The highest BCUT2D eigenvalue weighted by molar-refractivity contribution is 5.79. The molecule has 128 valence electrons. The van der Waals surface area contributed by atoms with Gasteiger partial charge in [0.1, 0.15) is 5.75 Å². The van der Waals surface area contributed by atoms with Gasteiger partial charge in [0.05, 0.1) is 14.2 Å². The Kier molecular flexibility index (Phi) is 6.42. The fraction of sp³-hybridized carbons (Fsp3) is 0.333. The lowest BCUT2D eigenvalue weighted by Gasteiger charge is -2.14. The van der Waals surface area contributed by atoms with Gasteiger partial charge in [0.25, 0.3) is 0 Å². The lowest BCUT2D eigenvalue weighted by Crippen LogP contribution is -2.36. The average Bonchev–Trinajstić information content (AvgIpc) is 2.63. The molecule has 2 aromatic rings. The van der Waals surface area contributed by atoms with Crippen LogP contribution in [0.5, 0.6) is 11.6 Å². The zero-order valence-corrected chi connectivity index (χ0v) is 14.6. The van der Waals surface area contributed by atoms with Crippen LogP contribution in [0.15, 0.2) is 41.5 Å². The van der Waals surface area contributed by atoms with Crippen molar-refractivity contribution in [1.29, 1.82) is 0 Å². The predicted octanol–water partition coefficient (Wildman–Crippen LogP) is 2.27. The molecule has 0 amide bonds. The van der Waals surface area contributed by atoms with E-state index in [0.29, 0.717) is 24.9 Å². The first kappa shape index (κ1) is 17.6. The highest BCUT2D eigenvalue weighted by atomic mass is 16.5. The first-order valence-electron chi connectivity index (χ1n) is 7.73. The van der Waals surface area contributed by atoms with Gasteiger partial charge in [0, 0.05) is 38.0 Å². The number of nitrogens with zero attached hydrogens (tertiary/aromatic N) is 2. The maximum atomic E-state index is 5.42. The number of hydrogen-bond donors (Lipinski definition) is 2. The summed E-state index contributed by atoms with van der Waals surface area (Å²) < 4.78 is 10.5. The molecule has 1 aromatic carbocycles. The molecule has 24 heavy (non-hydrogen) atoms. The van der Waals surface area contributed by atoms with E-state index >= 15 is 0 Å². The number of nitrogens with one attached hydrogen (secondary N) is 2. The van der Waals surface area contributed by atoms with E-state index in [9.17, 15) is 0 Å². The molecule has 0 unspecified atom stereocenters. The van der Waals surface area contributed by atoms with Crippen molar-refractivity contribution in [3.05, 3.63) is 53.2 Å². The zero-order valence-electron chi connectivity index (χ0n) is 14.6. The Hall–Kier alpha value is -2.76. The summed E-state index contributed by atoms with van der Waals surface area (Å²) in [7, 11) is 5.03. The van der Waals surface area contributed by atoms with Gasteiger partial charge in [0.2, 0.25) is 5.88 Å². The molecule has 0 fully saturated rings. The Bertz CT molecular complexity index is 684. The SMILES string of the molecule is CN=C(NCc1ccc(OC)nc1)NCc1ccc(C)cc1OC. The number of ether oxygens (including phenoxy) is 2. The molecule has 0 radical (unpaired) electrons. The van der Waals surface area contributed by atoms with Crippen molar-refractivity contribution in [1.82, 2.24) is 15.6 Å². The van der Waals surface area contributed by atoms with Crippen LogP contribution in [-0.4, -0.2) is 32.2 Å². The number of aryl methyl sites for hydroxylation is 1. The van der Waals surface area contributed by atoms with Gasteiger partial charge >= 0.3 is 0 Å². The summed E-state index contributed by atoms with van der Waals surface area (Å²) in [6.07, 6.45) is 1.78. The van der Waals surface area contributed by atoms with Crippen LogP contribution in [-0.2, 0) is 13.1 Å². The summed E-state index contributed by atoms with van der Waals surface area (Å²) in [5, 5.41) is 6.55. The second kappa shape index (κ2) is 8.76. The molecule has 0 saturated carbocycles. The third-order valence-electron chi connectivity index (χ3n) is 3.58. The standard InChI is InChI=1S/C18H24N4O2/c1-13-5-7-15(16(9-13)23-3)12-22-18(19-2)21-11-14-6-8-17(24-4)20-10-14/h5-10H,11-12H2,1-4H3,(H2,19,21,22). The summed E-state index contributed by atoms with van der Waals surface area (Å²) in [6.45, 7) is 3.30. The normalized spacial score (nSPS) is 11.1. The van der Waals surface area contributed by atoms with Crippen LogP contribution in [0, 0.1) is 6.92 Å². The first-order chi connectivity index (χ1) is 11.7. The van der Waals surface area contributed by atoms with Crippen LogP contribution in [0.25, 0.3) is 0 Å². The molecule has 1 heterocycles. The number of pyridine rings is 1. The van der Waals surface area contributed by atoms with E-state index in [0.717, 1.165) is 16.9 Å². The molecule has 6 nitrogen and oxygen atoms in total. The Morgan fingerprint density at radius 1 is 1.08 bits per heavy atom. The Morgan fingerprint density at radius 3 is 2.50 bits per heavy atom. The minimum Gasteiger partial charge on any atom is -0.496 e. The molecule has 6 heteroatoms. The fourth-order valence-corrected chi connectivity index (χ4v) is 2.22. The van der Waals surface area contributed by atoms with Gasteiger partial charge in [0.15, 0.2) is 5.96 Å². The van der Waals surface area contributed by atoms with E-state index in [1.807, 2.05) is 25.1 Å². The van der Waals surface area contributed by atoms with Gasteiger partial charge in [-0.1, -0.05) is 18.2 Å². The molecule has 0 saturated heterocycles. The van der Waals surface area contributed by atoms with Crippen LogP contribution in [0.3, 0.4) is 0 Å². The molecule has 1 aromatic heterocycles. The highest BCUT2D eigenvalue weighted by Crippen LogP contribution is 2.19. The molecule has 0 aliphatic carbocycles. The molecule has 0 spiro atoms. The smallest absolute Gasteiger partial charge is 0.212 e. The molecule has 0 bridgehead atoms. The Labute approximate surface area is 142 Å². The van der Waals surface area contributed by atoms with Crippen molar-refractivity contribution in [2.75, 3.05) is 21.3 Å². The summed E-state index contributed by atoms with van der Waals surface area (Å²) in [6, 6.07) is 9.95. The highest BCUT2D eigenvalue weighted by Gasteiger charge is 2.05. The van der Waals surface area contributed by atoms with Crippen molar-refractivity contribution in [3.63, 3.8) is 0 Å². The van der Waals surface area contributed by atoms with Crippen molar-refractivity contribution < 1.29 is 9.47 Å². The quantitative estimate of drug-likeness (QED) is 0.629. The summed E-state index contributed by atoms with van der Waals surface area (Å²) in [5.41, 5.74) is 3.30. The Balaban J connectivity index is 1.90. The lowest BCUT2D eigenvalue weighted by atomic mass is 10.1. The minimum atomic E-state index is 0.604. The number of aliphatic imine (C=N–C) groups is 1. The van der Waals surface area contributed by atoms with Crippen molar-refractivity contribution in [3.8, 4) is 11.6 Å². The Morgan fingerprint density at radius 2 is 1.88 bits per heavy atom. The number of rotatable bonds is 6. The lowest BCUT2D eigenvalue weighted by molar-refractivity contribution is 0.397. The van der Waals surface area contributed by atoms with E-state index in [2.05, 4.69) is 32.7 Å². The number of guanidine groups is 1. The summed E-state index contributed by atoms with van der Waals surface area (Å²) >= 11 is 0. The summed E-state index contributed by atoms with van der Waals surface area (Å²) in [4.78, 5) is 8.42. The van der Waals surface area contributed by atoms with Crippen LogP contribution < -0.4 is 20.1 Å². The van der Waals surface area contributed by atoms with Crippen LogP contribution in [0.4, 0.5) is 0 Å². The predicted molar refractivity (Wildman–Crippen MR) is 95.6 cm³/mol. The van der Waals surface area contributed by atoms with Crippen LogP contribution >= 0.6 is 0 Å². The summed E-state index contributed by atoms with van der Waals surface area (Å²) in [5.74, 6) is 2.19. The van der Waals surface area contributed by atoms with E-state index in [1.165, 1.54) is 5.56 Å². The van der Waals surface area contributed by atoms with Gasteiger partial charge in [-0.05, 0) is 24.1 Å². The third-order valence-corrected chi connectivity index (χ3v) is 3.58. The van der Waals surface area contributed by atoms with Gasteiger partial charge < -0.3 is 20.1 Å². The van der Waals surface area contributed by atoms with E-state index in [-0.39, 0.29) is 0 Å². The largest absolute Gasteiger partial charge is 0.496 e. The minimum absolute atomic E-state index is 0.604.